The third kappa shape index (κ3) is 56.3. The van der Waals surface area contributed by atoms with Crippen LogP contribution in [0.3, 0.4) is 0 Å². The smallest absolute Gasteiger partial charge is 0.319 e. The van der Waals surface area contributed by atoms with Crippen LogP contribution in [0.4, 0.5) is 15.3 Å². The zero-order valence-electron chi connectivity index (χ0n) is 46.3. The number of para-hydroxylation sites is 1. The molecule has 0 saturated carbocycles. The number of amides is 4. The van der Waals surface area contributed by atoms with Crippen molar-refractivity contribution in [3.63, 3.8) is 0 Å². The first kappa shape index (κ1) is 65.8. The van der Waals surface area contributed by atoms with Crippen LogP contribution in [0.25, 0.3) is 0 Å². The van der Waals surface area contributed by atoms with Crippen molar-refractivity contribution in [3.05, 3.63) is 30.3 Å². The van der Waals surface area contributed by atoms with Gasteiger partial charge in [0.15, 0.2) is 0 Å². The minimum Gasteiger partial charge on any atom is -0.338 e. The fourth-order valence-electron chi connectivity index (χ4n) is 9.38. The maximum absolute atomic E-state index is 11.9. The lowest BCUT2D eigenvalue weighted by atomic mass is 10.0. The van der Waals surface area contributed by atoms with Crippen molar-refractivity contribution in [1.29, 1.82) is 0 Å². The van der Waals surface area contributed by atoms with E-state index in [2.05, 4.69) is 42.0 Å². The van der Waals surface area contributed by atoms with Crippen LogP contribution in [-0.4, -0.2) is 31.7 Å². The van der Waals surface area contributed by atoms with Crippen LogP contribution in [0.15, 0.2) is 30.3 Å². The second kappa shape index (κ2) is 59.1. The van der Waals surface area contributed by atoms with Crippen LogP contribution in [0.2, 0.25) is 0 Å². The number of rotatable bonds is 52. The predicted octanol–water partition coefficient (Wildman–Crippen LogP) is 20.9. The number of nitrogens with one attached hydrogen (secondary N) is 4. The molecule has 0 spiro atoms. The Morgan fingerprint density at radius 3 is 0.676 bits per heavy atom. The van der Waals surface area contributed by atoms with Gasteiger partial charge in [-0.2, -0.15) is 0 Å². The lowest BCUT2D eigenvalue weighted by Crippen LogP contribution is -2.36. The van der Waals surface area contributed by atoms with Gasteiger partial charge in [-0.25, -0.2) is 9.59 Å². The van der Waals surface area contributed by atoms with Crippen LogP contribution in [0, 0.1) is 0 Å². The molecule has 0 aliphatic heterocycles. The molecular weight excluding hydrogens is 833 g/mol. The van der Waals surface area contributed by atoms with E-state index in [0.717, 1.165) is 44.6 Å². The first-order valence-corrected chi connectivity index (χ1v) is 30.8. The molecule has 0 aromatic heterocycles. The lowest BCUT2D eigenvalue weighted by molar-refractivity contribution is 0.240. The number of carbonyl (C=O) groups excluding carboxylic acids is 2. The predicted molar refractivity (Wildman–Crippen MR) is 304 cm³/mol. The molecule has 1 rings (SSSR count). The Bertz CT molecular complexity index is 1060. The highest BCUT2D eigenvalue weighted by molar-refractivity contribution is 5.89. The number of unbranched alkanes of at least 4 members (excludes halogenated alkanes) is 45. The van der Waals surface area contributed by atoms with Crippen LogP contribution in [0.5, 0.6) is 0 Å². The maximum Gasteiger partial charge on any atom is 0.319 e. The second-order valence-electron chi connectivity index (χ2n) is 20.8. The quantitative estimate of drug-likeness (QED) is 0.0491. The molecule has 0 aliphatic rings. The number of hydrogen-bond acceptors (Lipinski definition) is 2. The zero-order valence-corrected chi connectivity index (χ0v) is 46.3. The van der Waals surface area contributed by atoms with Gasteiger partial charge in [-0.1, -0.05) is 328 Å². The summed E-state index contributed by atoms with van der Waals surface area (Å²) in [7, 11) is 0. The standard InChI is InChI=1S/C37H76N2O.C25H44N2O/c1-3-5-7-9-11-13-15-17-19-21-23-25-27-29-31-33-35-38-37(40)39-36-34-32-30-28-26-24-22-20-18-16-14-12-10-8-6-4-2;1-2-3-4-5-6-7-8-9-10-11-12-13-14-15-16-20-23-26-25(28)27-24-21-18-17-19-22-24/h3-36H2,1-2H3,(H2,38,39,40);17-19,21-22H,2-16,20,23H2,1H3,(H2,26,27,28). The first-order valence-electron chi connectivity index (χ1n) is 30.8. The Hall–Kier alpha value is -2.24. The topological polar surface area (TPSA) is 82.3 Å². The van der Waals surface area contributed by atoms with E-state index >= 15 is 0 Å². The summed E-state index contributed by atoms with van der Waals surface area (Å²) in [4.78, 5) is 23.7. The second-order valence-corrected chi connectivity index (χ2v) is 20.8. The third-order valence-corrected chi connectivity index (χ3v) is 14.0. The first-order chi connectivity index (χ1) is 33.6. The van der Waals surface area contributed by atoms with E-state index in [4.69, 9.17) is 0 Å². The largest absolute Gasteiger partial charge is 0.338 e. The average molecular weight is 954 g/mol. The molecule has 4 N–H and O–H groups in total. The monoisotopic (exact) mass is 953 g/mol. The molecule has 0 saturated heterocycles. The van der Waals surface area contributed by atoms with Gasteiger partial charge in [-0.3, -0.25) is 0 Å². The van der Waals surface area contributed by atoms with Gasteiger partial charge < -0.3 is 21.3 Å². The van der Waals surface area contributed by atoms with E-state index in [9.17, 15) is 9.59 Å². The maximum atomic E-state index is 11.9. The zero-order chi connectivity index (χ0) is 49.2. The summed E-state index contributed by atoms with van der Waals surface area (Å²) >= 11 is 0. The van der Waals surface area contributed by atoms with Crippen molar-refractivity contribution < 1.29 is 9.59 Å². The van der Waals surface area contributed by atoms with Crippen molar-refractivity contribution in [2.75, 3.05) is 25.0 Å². The summed E-state index contributed by atoms with van der Waals surface area (Å²) in [5.74, 6) is 0. The van der Waals surface area contributed by atoms with Crippen molar-refractivity contribution in [1.82, 2.24) is 16.0 Å². The minimum atomic E-state index is -0.104. The van der Waals surface area contributed by atoms with Crippen LogP contribution in [0.1, 0.15) is 329 Å². The Morgan fingerprint density at radius 2 is 0.456 bits per heavy atom. The lowest BCUT2D eigenvalue weighted by Gasteiger charge is -2.08. The molecule has 1 aromatic carbocycles. The van der Waals surface area contributed by atoms with E-state index in [1.165, 1.54) is 289 Å². The molecule has 4 amide bonds. The minimum absolute atomic E-state index is 0.0296. The Kier molecular flexibility index (Phi) is 57.1. The van der Waals surface area contributed by atoms with Gasteiger partial charge in [0.1, 0.15) is 0 Å². The van der Waals surface area contributed by atoms with E-state index in [1.807, 2.05) is 30.3 Å². The van der Waals surface area contributed by atoms with Gasteiger partial charge in [0, 0.05) is 25.3 Å². The van der Waals surface area contributed by atoms with Gasteiger partial charge in [0.25, 0.3) is 0 Å². The number of anilines is 1. The summed E-state index contributed by atoms with van der Waals surface area (Å²) in [6.07, 6.45) is 66.3. The van der Waals surface area contributed by atoms with Gasteiger partial charge >= 0.3 is 12.1 Å². The van der Waals surface area contributed by atoms with E-state index in [0.29, 0.717) is 0 Å². The average Bonchev–Trinajstić information content (AvgIpc) is 3.35. The molecule has 0 aliphatic carbocycles. The summed E-state index contributed by atoms with van der Waals surface area (Å²) in [5, 5.41) is 11.9. The molecule has 400 valence electrons. The van der Waals surface area contributed by atoms with Crippen molar-refractivity contribution >= 4 is 17.7 Å². The number of urea groups is 2. The van der Waals surface area contributed by atoms with Crippen molar-refractivity contribution in [2.24, 2.45) is 0 Å². The van der Waals surface area contributed by atoms with E-state index in [1.54, 1.807) is 0 Å². The number of carbonyl (C=O) groups is 2. The Labute approximate surface area is 425 Å². The summed E-state index contributed by atoms with van der Waals surface area (Å²) < 4.78 is 0. The molecule has 6 heteroatoms. The highest BCUT2D eigenvalue weighted by atomic mass is 16.2. The third-order valence-electron chi connectivity index (χ3n) is 14.0. The SMILES string of the molecule is CCCCCCCCCCCCCCCCCCNC(=O)NCCCCCCCCCCCCCCCCCC.CCCCCCCCCCCCCCCCCCNC(=O)Nc1ccccc1. The Balaban J connectivity index is 0.00000140. The summed E-state index contributed by atoms with van der Waals surface area (Å²) in [6, 6.07) is 9.51. The van der Waals surface area contributed by atoms with E-state index in [-0.39, 0.29) is 12.1 Å². The van der Waals surface area contributed by atoms with Crippen molar-refractivity contribution in [2.45, 2.75) is 329 Å². The molecule has 0 heterocycles. The molecule has 0 bridgehead atoms. The molecule has 1 aromatic rings. The molecule has 0 radical (unpaired) electrons. The van der Waals surface area contributed by atoms with Crippen LogP contribution >= 0.6 is 0 Å². The number of benzene rings is 1. The van der Waals surface area contributed by atoms with Crippen molar-refractivity contribution in [3.8, 4) is 0 Å². The fourth-order valence-corrected chi connectivity index (χ4v) is 9.38. The molecule has 68 heavy (non-hydrogen) atoms. The highest BCUT2D eigenvalue weighted by Crippen LogP contribution is 2.17. The van der Waals surface area contributed by atoms with Crippen LogP contribution in [-0.2, 0) is 0 Å². The number of hydrogen-bond donors (Lipinski definition) is 4. The summed E-state index contributed by atoms with van der Waals surface area (Å²) in [5.41, 5.74) is 0.840. The molecule has 0 unspecified atom stereocenters. The normalized spacial score (nSPS) is 11.0. The molecule has 6 nitrogen and oxygen atoms in total. The van der Waals surface area contributed by atoms with Gasteiger partial charge in [0.05, 0.1) is 0 Å². The van der Waals surface area contributed by atoms with E-state index < -0.39 is 0 Å². The fraction of sp³-hybridized carbons (Fsp3) is 0.871. The van der Waals surface area contributed by atoms with Crippen LogP contribution < -0.4 is 21.3 Å². The molecular formula is C62H120N4O2. The van der Waals surface area contributed by atoms with Gasteiger partial charge in [0.2, 0.25) is 0 Å². The highest BCUT2D eigenvalue weighted by Gasteiger charge is 2.02. The molecule has 0 atom stereocenters. The summed E-state index contributed by atoms with van der Waals surface area (Å²) in [6.45, 7) is 9.27. The van der Waals surface area contributed by atoms with Gasteiger partial charge in [-0.05, 0) is 31.4 Å². The van der Waals surface area contributed by atoms with Gasteiger partial charge in [-0.15, -0.1) is 0 Å². The Morgan fingerprint density at radius 1 is 0.265 bits per heavy atom. The molecule has 0 fully saturated rings.